The predicted octanol–water partition coefficient (Wildman–Crippen LogP) is 3.58. The number of aliphatic hydroxyl groups excluding tert-OH is 1. The van der Waals surface area contributed by atoms with Crippen LogP contribution in [0.2, 0.25) is 5.02 Å². The van der Waals surface area contributed by atoms with Crippen molar-refractivity contribution in [2.75, 3.05) is 25.1 Å². The van der Waals surface area contributed by atoms with Crippen LogP contribution in [0, 0.1) is 30.6 Å². The van der Waals surface area contributed by atoms with E-state index in [0.29, 0.717) is 30.1 Å². The smallest absolute Gasteiger partial charge is 0.310 e. The first-order valence-corrected chi connectivity index (χ1v) is 12.0. The van der Waals surface area contributed by atoms with Crippen LogP contribution in [0.1, 0.15) is 38.7 Å². The first-order chi connectivity index (χ1) is 15.8. The molecule has 2 amide bonds. The number of amides is 2. The molecule has 0 spiro atoms. The zero-order chi connectivity index (χ0) is 24.1. The lowest BCUT2D eigenvalue weighted by molar-refractivity contribution is -0.155. The van der Waals surface area contributed by atoms with Crippen molar-refractivity contribution in [3.8, 4) is 0 Å². The van der Waals surface area contributed by atoms with Gasteiger partial charge in [-0.15, -0.1) is 0 Å². The summed E-state index contributed by atoms with van der Waals surface area (Å²) in [5.41, 5.74) is 1.35. The normalized spacial score (nSPS) is 26.3. The van der Waals surface area contributed by atoms with Gasteiger partial charge in [-0.3, -0.25) is 14.4 Å². The van der Waals surface area contributed by atoms with E-state index in [-0.39, 0.29) is 30.9 Å². The average Bonchev–Trinajstić information content (AvgIpc) is 3.05. The molecule has 8 heteroatoms. The molecule has 7 nitrogen and oxygen atoms in total. The van der Waals surface area contributed by atoms with Crippen LogP contribution in [-0.4, -0.2) is 53.6 Å². The highest BCUT2D eigenvalue weighted by Gasteiger charge is 2.56. The van der Waals surface area contributed by atoms with Crippen molar-refractivity contribution in [1.82, 2.24) is 4.90 Å². The fraction of sp³-hybridized carbons (Fsp3) is 0.560. The summed E-state index contributed by atoms with van der Waals surface area (Å²) in [5, 5.41) is 12.5. The Hall–Kier alpha value is -2.38. The number of nitrogens with zero attached hydrogens (tertiary/aromatic N) is 1. The van der Waals surface area contributed by atoms with E-state index in [0.717, 1.165) is 12.0 Å². The van der Waals surface area contributed by atoms with E-state index in [9.17, 15) is 14.4 Å². The monoisotopic (exact) mass is 476 g/mol. The predicted molar refractivity (Wildman–Crippen MR) is 127 cm³/mol. The van der Waals surface area contributed by atoms with Crippen LogP contribution in [-0.2, 0) is 19.1 Å². The number of allylic oxidation sites excluding steroid dienone is 1. The van der Waals surface area contributed by atoms with E-state index in [4.69, 9.17) is 21.4 Å². The third-order valence-electron chi connectivity index (χ3n) is 6.63. The van der Waals surface area contributed by atoms with Crippen LogP contribution in [0.25, 0.3) is 0 Å². The highest BCUT2D eigenvalue weighted by Crippen LogP contribution is 2.44. The van der Waals surface area contributed by atoms with Crippen molar-refractivity contribution >= 4 is 35.1 Å². The largest absolute Gasteiger partial charge is 0.466 e. The molecule has 2 aliphatic rings. The first kappa shape index (κ1) is 25.2. The maximum Gasteiger partial charge on any atom is 0.310 e. The molecule has 0 bridgehead atoms. The molecule has 5 atom stereocenters. The lowest BCUT2D eigenvalue weighted by Gasteiger charge is -2.32. The summed E-state index contributed by atoms with van der Waals surface area (Å²) in [7, 11) is 0. The van der Waals surface area contributed by atoms with Crippen molar-refractivity contribution < 1.29 is 24.2 Å². The number of hydrogen-bond donors (Lipinski definition) is 2. The fourth-order valence-electron chi connectivity index (χ4n) is 4.99. The number of fused-ring (bicyclic) bond motifs is 1. The molecule has 3 rings (SSSR count). The molecule has 1 aromatic carbocycles. The van der Waals surface area contributed by atoms with Gasteiger partial charge in [0, 0.05) is 19.1 Å². The van der Waals surface area contributed by atoms with Crippen molar-refractivity contribution in [1.29, 1.82) is 0 Å². The van der Waals surface area contributed by atoms with Crippen LogP contribution in [0.4, 0.5) is 5.69 Å². The van der Waals surface area contributed by atoms with Crippen LogP contribution >= 0.6 is 11.6 Å². The number of aliphatic hydroxyl groups is 1. The Labute approximate surface area is 200 Å². The van der Waals surface area contributed by atoms with Crippen molar-refractivity contribution in [2.24, 2.45) is 23.7 Å². The van der Waals surface area contributed by atoms with Gasteiger partial charge in [-0.05, 0) is 50.7 Å². The molecule has 1 aliphatic heterocycles. The SMILES string of the molecule is CCOC(=O)[C@H]1[C@@H]2C(=O)N(CCCCCO)[C@H](C(=O)Nc3c(C)cccc3Cl)[C@H]2C=C[C@H]1C. The Bertz CT molecular complexity index is 898. The molecule has 0 aromatic heterocycles. The maximum atomic E-state index is 13.6. The van der Waals surface area contributed by atoms with E-state index < -0.39 is 29.8 Å². The average molecular weight is 477 g/mol. The molecule has 33 heavy (non-hydrogen) atoms. The number of hydrogen-bond acceptors (Lipinski definition) is 5. The number of anilines is 1. The Balaban J connectivity index is 1.93. The number of nitrogens with one attached hydrogen (secondary N) is 1. The lowest BCUT2D eigenvalue weighted by atomic mass is 9.70. The van der Waals surface area contributed by atoms with Gasteiger partial charge in [-0.25, -0.2) is 0 Å². The molecule has 180 valence electrons. The van der Waals surface area contributed by atoms with Gasteiger partial charge in [0.15, 0.2) is 0 Å². The minimum absolute atomic E-state index is 0.0834. The number of benzene rings is 1. The summed E-state index contributed by atoms with van der Waals surface area (Å²) in [6.45, 7) is 6.19. The fourth-order valence-corrected chi connectivity index (χ4v) is 5.26. The van der Waals surface area contributed by atoms with Gasteiger partial charge in [0.2, 0.25) is 11.8 Å². The summed E-state index contributed by atoms with van der Waals surface area (Å²) in [5.74, 6) is -2.81. The number of carbonyl (C=O) groups is 3. The minimum Gasteiger partial charge on any atom is -0.466 e. The van der Waals surface area contributed by atoms with Crippen LogP contribution in [0.3, 0.4) is 0 Å². The number of likely N-dealkylation sites (tertiary alicyclic amines) is 1. The number of ether oxygens (including phenoxy) is 1. The van der Waals surface area contributed by atoms with Gasteiger partial charge < -0.3 is 20.1 Å². The van der Waals surface area contributed by atoms with E-state index in [1.807, 2.05) is 38.1 Å². The zero-order valence-corrected chi connectivity index (χ0v) is 20.2. The number of unbranched alkanes of at least 4 members (excludes halogenated alkanes) is 2. The van der Waals surface area contributed by atoms with Gasteiger partial charge in [0.1, 0.15) is 6.04 Å². The van der Waals surface area contributed by atoms with Crippen molar-refractivity contribution in [3.63, 3.8) is 0 Å². The van der Waals surface area contributed by atoms with E-state index in [1.54, 1.807) is 17.9 Å². The third kappa shape index (κ3) is 5.25. The highest BCUT2D eigenvalue weighted by molar-refractivity contribution is 6.34. The minimum atomic E-state index is -0.757. The molecular formula is C25H33ClN2O5. The van der Waals surface area contributed by atoms with Gasteiger partial charge in [-0.2, -0.15) is 0 Å². The lowest BCUT2D eigenvalue weighted by Crippen LogP contribution is -2.44. The number of para-hydroxylation sites is 1. The van der Waals surface area contributed by atoms with Crippen molar-refractivity contribution in [2.45, 2.75) is 46.1 Å². The van der Waals surface area contributed by atoms with Gasteiger partial charge >= 0.3 is 5.97 Å². The Morgan fingerprint density at radius 2 is 1.97 bits per heavy atom. The quantitative estimate of drug-likeness (QED) is 0.322. The van der Waals surface area contributed by atoms with Gasteiger partial charge in [0.25, 0.3) is 0 Å². The molecule has 1 heterocycles. The summed E-state index contributed by atoms with van der Waals surface area (Å²) < 4.78 is 5.29. The molecule has 0 unspecified atom stereocenters. The molecule has 0 radical (unpaired) electrons. The number of carbonyl (C=O) groups excluding carboxylic acids is 3. The maximum absolute atomic E-state index is 13.6. The highest BCUT2D eigenvalue weighted by atomic mass is 35.5. The molecule has 1 aliphatic carbocycles. The summed E-state index contributed by atoms with van der Waals surface area (Å²) >= 11 is 6.33. The first-order valence-electron chi connectivity index (χ1n) is 11.6. The van der Waals surface area contributed by atoms with E-state index in [2.05, 4.69) is 5.32 Å². The molecular weight excluding hydrogens is 444 g/mol. The van der Waals surface area contributed by atoms with Gasteiger partial charge in [0.05, 0.1) is 29.2 Å². The Morgan fingerprint density at radius 1 is 1.21 bits per heavy atom. The second kappa shape index (κ2) is 11.2. The zero-order valence-electron chi connectivity index (χ0n) is 19.4. The van der Waals surface area contributed by atoms with Crippen LogP contribution in [0.5, 0.6) is 0 Å². The summed E-state index contributed by atoms with van der Waals surface area (Å²) in [6, 6.07) is 4.62. The van der Waals surface area contributed by atoms with Crippen LogP contribution in [0.15, 0.2) is 30.4 Å². The number of halogens is 1. The van der Waals surface area contributed by atoms with E-state index in [1.165, 1.54) is 0 Å². The third-order valence-corrected chi connectivity index (χ3v) is 6.94. The number of rotatable bonds is 9. The Kier molecular flexibility index (Phi) is 8.54. The summed E-state index contributed by atoms with van der Waals surface area (Å²) in [6.07, 6.45) is 5.84. The molecule has 1 fully saturated rings. The Morgan fingerprint density at radius 3 is 2.64 bits per heavy atom. The number of esters is 1. The molecule has 1 saturated heterocycles. The summed E-state index contributed by atoms with van der Waals surface area (Å²) in [4.78, 5) is 41.5. The second-order valence-corrected chi connectivity index (χ2v) is 9.21. The van der Waals surface area contributed by atoms with Crippen LogP contribution < -0.4 is 5.32 Å². The second-order valence-electron chi connectivity index (χ2n) is 8.81. The topological polar surface area (TPSA) is 95.9 Å². The molecule has 1 aromatic rings. The standard InChI is InChI=1S/C25H33ClN2O5/c1-4-33-25(32)19-15(2)11-12-17-20(19)24(31)28(13-6-5-7-14-29)22(17)23(30)27-21-16(3)9-8-10-18(21)26/h8-12,15,17,19-20,22,29H,4-7,13-14H2,1-3H3,(H,27,30)/t15-,17+,19-,20-,22+/m1/s1. The molecule has 0 saturated carbocycles. The number of aryl methyl sites for hydroxylation is 1. The van der Waals surface area contributed by atoms with Gasteiger partial charge in [-0.1, -0.05) is 42.8 Å². The van der Waals surface area contributed by atoms with E-state index >= 15 is 0 Å². The van der Waals surface area contributed by atoms with Crippen molar-refractivity contribution in [3.05, 3.63) is 40.9 Å². The molecule has 2 N–H and O–H groups in total.